The van der Waals surface area contributed by atoms with Gasteiger partial charge in [-0.2, -0.15) is 8.78 Å². The van der Waals surface area contributed by atoms with Crippen molar-refractivity contribution in [3.05, 3.63) is 18.2 Å². The highest BCUT2D eigenvalue weighted by Gasteiger charge is 2.35. The van der Waals surface area contributed by atoms with Gasteiger partial charge >= 0.3 is 6.61 Å². The third kappa shape index (κ3) is 7.83. The van der Waals surface area contributed by atoms with E-state index >= 15 is 0 Å². The monoisotopic (exact) mass is 492 g/mol. The Kier molecular flexibility index (Phi) is 9.21. The molecule has 34 heavy (non-hydrogen) atoms. The summed E-state index contributed by atoms with van der Waals surface area (Å²) >= 11 is 0. The minimum atomic E-state index is -3.27. The highest BCUT2D eigenvalue weighted by atomic mass is 19.3. The van der Waals surface area contributed by atoms with Crippen molar-refractivity contribution in [1.29, 1.82) is 0 Å². The van der Waals surface area contributed by atoms with Gasteiger partial charge in [0.1, 0.15) is 6.61 Å². The zero-order chi connectivity index (χ0) is 25.6. The molecule has 0 spiro atoms. The third-order valence-corrected chi connectivity index (χ3v) is 4.67. The molecule has 3 N–H and O–H groups in total. The number of hydrogen-bond donors (Lipinski definition) is 2. The summed E-state index contributed by atoms with van der Waals surface area (Å²) in [6.45, 7) is 1.16. The highest BCUT2D eigenvalue weighted by molar-refractivity contribution is 6.10. The lowest BCUT2D eigenvalue weighted by Gasteiger charge is -2.33. The average Bonchev–Trinajstić information content (AvgIpc) is 2.67. The zero-order valence-electron chi connectivity index (χ0n) is 19.0. The van der Waals surface area contributed by atoms with Gasteiger partial charge in [-0.05, 0) is 17.5 Å². The van der Waals surface area contributed by atoms with E-state index in [1.807, 2.05) is 0 Å². The fourth-order valence-electron chi connectivity index (χ4n) is 3.49. The van der Waals surface area contributed by atoms with E-state index in [4.69, 9.17) is 10.5 Å². The Morgan fingerprint density at radius 2 is 1.94 bits per heavy atom. The highest BCUT2D eigenvalue weighted by Crippen LogP contribution is 2.32. The summed E-state index contributed by atoms with van der Waals surface area (Å²) in [4.78, 5) is 39.3. The smallest absolute Gasteiger partial charge is 0.387 e. The van der Waals surface area contributed by atoms with Crippen molar-refractivity contribution < 1.29 is 41.4 Å². The molecule has 1 aromatic rings. The fourth-order valence-corrected chi connectivity index (χ4v) is 3.49. The van der Waals surface area contributed by atoms with E-state index in [9.17, 15) is 31.9 Å². The van der Waals surface area contributed by atoms with Crippen LogP contribution in [0.2, 0.25) is 0 Å². The quantitative estimate of drug-likeness (QED) is 0.382. The number of benzene rings is 1. The Bertz CT molecular complexity index is 894. The summed E-state index contributed by atoms with van der Waals surface area (Å²) in [7, 11) is 0. The maximum atomic E-state index is 13.2. The summed E-state index contributed by atoms with van der Waals surface area (Å²) in [5.74, 6) is -3.16. The van der Waals surface area contributed by atoms with Gasteiger partial charge in [0, 0.05) is 24.8 Å². The van der Waals surface area contributed by atoms with Crippen molar-refractivity contribution >= 4 is 29.1 Å². The predicted octanol–water partition coefficient (Wildman–Crippen LogP) is 2.06. The molecule has 1 atom stereocenters. The lowest BCUT2D eigenvalue weighted by atomic mass is 9.95. The fraction of sp³-hybridized carbons (Fsp3) is 0.571. The number of halogens is 4. The van der Waals surface area contributed by atoms with E-state index in [-0.39, 0.29) is 37.7 Å². The number of amides is 3. The molecule has 1 fully saturated rings. The van der Waals surface area contributed by atoms with Gasteiger partial charge in [0.05, 0.1) is 18.8 Å². The summed E-state index contributed by atoms with van der Waals surface area (Å²) in [5, 5.41) is 2.27. The number of ether oxygens (including phenoxy) is 2. The molecule has 13 heteroatoms. The molecule has 1 heterocycles. The van der Waals surface area contributed by atoms with Crippen LogP contribution in [0, 0.1) is 5.41 Å². The van der Waals surface area contributed by atoms with Crippen LogP contribution in [0.15, 0.2) is 18.2 Å². The number of carbonyl (C=O) groups excluding carboxylic acids is 3. The van der Waals surface area contributed by atoms with Crippen LogP contribution in [0.1, 0.15) is 20.8 Å². The van der Waals surface area contributed by atoms with Crippen LogP contribution in [0.5, 0.6) is 5.75 Å². The normalized spacial score (nSPS) is 15.7. The number of alkyl halides is 4. The molecular formula is C21H28F4N4O5. The number of nitrogens with one attached hydrogen (secondary N) is 1. The first-order valence-corrected chi connectivity index (χ1v) is 10.4. The second kappa shape index (κ2) is 11.5. The van der Waals surface area contributed by atoms with Gasteiger partial charge < -0.3 is 25.4 Å². The van der Waals surface area contributed by atoms with Crippen molar-refractivity contribution in [3.63, 3.8) is 0 Å². The van der Waals surface area contributed by atoms with E-state index in [1.54, 1.807) is 20.8 Å². The van der Waals surface area contributed by atoms with Gasteiger partial charge in [-0.25, -0.2) is 8.78 Å². The molecule has 0 radical (unpaired) electrons. The summed E-state index contributed by atoms with van der Waals surface area (Å²) in [5.41, 5.74) is 4.75. The van der Waals surface area contributed by atoms with Gasteiger partial charge in [0.15, 0.2) is 11.8 Å². The topological polar surface area (TPSA) is 114 Å². The minimum Gasteiger partial charge on any atom is -0.433 e. The molecule has 1 aromatic carbocycles. The van der Waals surface area contributed by atoms with Crippen LogP contribution >= 0.6 is 0 Å². The van der Waals surface area contributed by atoms with Crippen LogP contribution in [-0.2, 0) is 19.1 Å². The average molecular weight is 492 g/mol. The van der Waals surface area contributed by atoms with Crippen LogP contribution in [0.3, 0.4) is 0 Å². The summed E-state index contributed by atoms with van der Waals surface area (Å²) in [6, 6.07) is 1.90. The third-order valence-electron chi connectivity index (χ3n) is 4.67. The molecule has 190 valence electrons. The Morgan fingerprint density at radius 3 is 2.47 bits per heavy atom. The molecule has 1 aliphatic rings. The second-order valence-electron chi connectivity index (χ2n) is 8.83. The van der Waals surface area contributed by atoms with Gasteiger partial charge in [-0.15, -0.1) is 0 Å². The molecule has 2 rings (SSSR count). The second-order valence-corrected chi connectivity index (χ2v) is 8.83. The number of anilines is 2. The van der Waals surface area contributed by atoms with E-state index in [2.05, 4.69) is 10.1 Å². The molecular weight excluding hydrogens is 464 g/mol. The number of morpholine rings is 1. The van der Waals surface area contributed by atoms with Crippen molar-refractivity contribution in [2.75, 3.05) is 43.1 Å². The van der Waals surface area contributed by atoms with E-state index in [0.717, 1.165) is 11.0 Å². The van der Waals surface area contributed by atoms with Crippen LogP contribution < -0.4 is 20.7 Å². The summed E-state index contributed by atoms with van der Waals surface area (Å²) < 4.78 is 61.9. The molecule has 0 bridgehead atoms. The standard InChI is InChI=1S/C21H28F4N4O5/c1-21(2,3)11-28(9-15(22)23)17(18(26)31)19(32)27-13-5-4-12(8-14(13)34-20(24)25)29-6-7-33-10-16(29)30/h4-5,8,15,17,20H,6-7,9-11H2,1-3H3,(H2,26,31)(H,27,32)/t17-/m0/s1. The number of hydrogen-bond acceptors (Lipinski definition) is 6. The SMILES string of the molecule is CC(C)(C)CN(CC(F)F)[C@@H](C(N)=O)C(=O)Nc1ccc(N2CCOCC2=O)cc1OC(F)F. The molecule has 0 aliphatic carbocycles. The van der Waals surface area contributed by atoms with Crippen LogP contribution in [0.25, 0.3) is 0 Å². The lowest BCUT2D eigenvalue weighted by molar-refractivity contribution is -0.134. The van der Waals surface area contributed by atoms with Gasteiger partial charge in [0.2, 0.25) is 5.91 Å². The zero-order valence-corrected chi connectivity index (χ0v) is 19.0. The number of nitrogens with zero attached hydrogens (tertiary/aromatic N) is 2. The number of nitrogens with two attached hydrogens (primary N) is 1. The van der Waals surface area contributed by atoms with Crippen molar-refractivity contribution in [3.8, 4) is 5.75 Å². The molecule has 3 amide bonds. The van der Waals surface area contributed by atoms with Gasteiger partial charge in [-0.1, -0.05) is 20.8 Å². The molecule has 1 aliphatic heterocycles. The Labute approximate surface area is 194 Å². The molecule has 0 unspecified atom stereocenters. The number of carbonyl (C=O) groups is 3. The molecule has 0 aromatic heterocycles. The lowest BCUT2D eigenvalue weighted by Crippen LogP contribution is -2.55. The minimum absolute atomic E-state index is 0.0726. The Balaban J connectivity index is 2.36. The first kappa shape index (κ1) is 27.3. The van der Waals surface area contributed by atoms with E-state index in [0.29, 0.717) is 0 Å². The maximum absolute atomic E-state index is 13.2. The van der Waals surface area contributed by atoms with Crippen molar-refractivity contribution in [2.45, 2.75) is 39.9 Å². The molecule has 1 saturated heterocycles. The largest absolute Gasteiger partial charge is 0.433 e. The van der Waals surface area contributed by atoms with Crippen molar-refractivity contribution in [2.24, 2.45) is 11.1 Å². The van der Waals surface area contributed by atoms with E-state index in [1.165, 1.54) is 17.0 Å². The Hall–Kier alpha value is -2.93. The van der Waals surface area contributed by atoms with Gasteiger partial charge in [0.25, 0.3) is 18.2 Å². The predicted molar refractivity (Wildman–Crippen MR) is 115 cm³/mol. The van der Waals surface area contributed by atoms with Gasteiger partial charge in [-0.3, -0.25) is 19.3 Å². The maximum Gasteiger partial charge on any atom is 0.387 e. The number of primary amides is 1. The van der Waals surface area contributed by atoms with Crippen LogP contribution in [-0.4, -0.2) is 74.5 Å². The first-order valence-electron chi connectivity index (χ1n) is 10.4. The first-order chi connectivity index (χ1) is 15.8. The molecule has 0 saturated carbocycles. The van der Waals surface area contributed by atoms with E-state index < -0.39 is 54.5 Å². The van der Waals surface area contributed by atoms with Crippen LogP contribution in [0.4, 0.5) is 28.9 Å². The summed E-state index contributed by atoms with van der Waals surface area (Å²) in [6.07, 6.45) is -2.86. The number of rotatable bonds is 10. The Morgan fingerprint density at radius 1 is 1.26 bits per heavy atom. The molecule has 9 nitrogen and oxygen atoms in total. The van der Waals surface area contributed by atoms with Crippen molar-refractivity contribution in [1.82, 2.24) is 4.90 Å².